The maximum absolute atomic E-state index is 12.8. The second-order valence-electron chi connectivity index (χ2n) is 5.01. The normalized spacial score (nSPS) is 31.5. The van der Waals surface area contributed by atoms with E-state index in [0.29, 0.717) is 12.8 Å². The Kier molecular flexibility index (Phi) is 4.13. The van der Waals surface area contributed by atoms with Crippen LogP contribution >= 0.6 is 0 Å². The van der Waals surface area contributed by atoms with Crippen molar-refractivity contribution >= 4 is 10.1 Å². The molecule has 1 aliphatic rings. The lowest BCUT2D eigenvalue weighted by Gasteiger charge is -2.39. The summed E-state index contributed by atoms with van der Waals surface area (Å²) in [6.07, 6.45) is -2.26. The van der Waals surface area contributed by atoms with Gasteiger partial charge in [-0.25, -0.2) is 0 Å². The molecule has 0 heterocycles. The Morgan fingerprint density at radius 3 is 2.47 bits per heavy atom. The third-order valence-electron chi connectivity index (χ3n) is 3.28. The van der Waals surface area contributed by atoms with Gasteiger partial charge in [0.15, 0.2) is 0 Å². The van der Waals surface area contributed by atoms with Crippen LogP contribution in [0.5, 0.6) is 0 Å². The zero-order valence-electron chi connectivity index (χ0n) is 9.88. The van der Waals surface area contributed by atoms with Crippen LogP contribution in [0.3, 0.4) is 0 Å². The van der Waals surface area contributed by atoms with E-state index < -0.39 is 21.7 Å². The Bertz CT molecular complexity index is 363. The van der Waals surface area contributed by atoms with Crippen molar-refractivity contribution in [1.82, 2.24) is 0 Å². The highest BCUT2D eigenvalue weighted by Crippen LogP contribution is 2.50. The van der Waals surface area contributed by atoms with Crippen molar-refractivity contribution in [3.8, 4) is 0 Å². The zero-order valence-corrected chi connectivity index (χ0v) is 10.7. The van der Waals surface area contributed by atoms with Gasteiger partial charge in [0.2, 0.25) is 0 Å². The second-order valence-corrected chi connectivity index (χ2v) is 6.65. The van der Waals surface area contributed by atoms with Crippen molar-refractivity contribution in [1.29, 1.82) is 0 Å². The molecule has 0 amide bonds. The van der Waals surface area contributed by atoms with Crippen molar-refractivity contribution in [3.05, 3.63) is 0 Å². The van der Waals surface area contributed by atoms with Crippen LogP contribution in [0.25, 0.3) is 0 Å². The van der Waals surface area contributed by atoms with Crippen LogP contribution < -0.4 is 0 Å². The van der Waals surface area contributed by atoms with Gasteiger partial charge in [0.05, 0.1) is 18.3 Å². The molecule has 0 N–H and O–H groups in total. The van der Waals surface area contributed by atoms with Crippen LogP contribution in [0, 0.1) is 11.3 Å². The first-order valence-electron chi connectivity index (χ1n) is 5.45. The maximum Gasteiger partial charge on any atom is 0.394 e. The van der Waals surface area contributed by atoms with Gasteiger partial charge in [-0.05, 0) is 25.2 Å². The first kappa shape index (κ1) is 14.8. The molecule has 0 aromatic heterocycles. The Morgan fingerprint density at radius 1 is 1.41 bits per heavy atom. The van der Waals surface area contributed by atoms with Crippen LogP contribution in [0.4, 0.5) is 13.2 Å². The lowest BCUT2D eigenvalue weighted by molar-refractivity contribution is -0.232. The van der Waals surface area contributed by atoms with Gasteiger partial charge in [0.1, 0.15) is 0 Å². The highest BCUT2D eigenvalue weighted by Gasteiger charge is 2.52. The molecular weight excluding hydrogens is 257 g/mol. The monoisotopic (exact) mass is 274 g/mol. The Labute approximate surface area is 99.5 Å². The Hall–Kier alpha value is -0.300. The fraction of sp³-hybridized carbons (Fsp3) is 1.00. The van der Waals surface area contributed by atoms with E-state index in [4.69, 9.17) is 0 Å². The molecular formula is C10H17F3O3S. The summed E-state index contributed by atoms with van der Waals surface area (Å²) in [6, 6.07) is 0. The first-order valence-corrected chi connectivity index (χ1v) is 7.26. The molecule has 0 saturated heterocycles. The molecule has 17 heavy (non-hydrogen) atoms. The third kappa shape index (κ3) is 4.13. The van der Waals surface area contributed by atoms with E-state index in [9.17, 15) is 21.6 Å². The molecule has 0 bridgehead atoms. The summed E-state index contributed by atoms with van der Waals surface area (Å²) in [4.78, 5) is 0. The minimum atomic E-state index is -4.24. The van der Waals surface area contributed by atoms with Crippen molar-refractivity contribution in [3.63, 3.8) is 0 Å². The summed E-state index contributed by atoms with van der Waals surface area (Å²) in [5.74, 6) is -0.342. The van der Waals surface area contributed by atoms with E-state index in [1.54, 1.807) is 0 Å². The van der Waals surface area contributed by atoms with E-state index >= 15 is 0 Å². The predicted molar refractivity (Wildman–Crippen MR) is 56.9 cm³/mol. The summed E-state index contributed by atoms with van der Waals surface area (Å²) >= 11 is 0. The molecule has 1 fully saturated rings. The fourth-order valence-electron chi connectivity index (χ4n) is 2.24. The SMILES string of the molecule is CC1(C(F)(F)F)CCCC(COS(C)(=O)=O)C1. The topological polar surface area (TPSA) is 43.4 Å². The number of hydrogen-bond acceptors (Lipinski definition) is 3. The molecule has 0 spiro atoms. The quantitative estimate of drug-likeness (QED) is 0.743. The lowest BCUT2D eigenvalue weighted by Crippen LogP contribution is -2.40. The fourth-order valence-corrected chi connectivity index (χ4v) is 2.68. The van der Waals surface area contributed by atoms with Gasteiger partial charge in [-0.15, -0.1) is 0 Å². The lowest BCUT2D eigenvalue weighted by atomic mass is 9.70. The molecule has 1 saturated carbocycles. The van der Waals surface area contributed by atoms with Gasteiger partial charge in [0, 0.05) is 0 Å². The minimum absolute atomic E-state index is 0.0635. The summed E-state index contributed by atoms with van der Waals surface area (Å²) in [7, 11) is -3.58. The molecule has 0 aromatic carbocycles. The minimum Gasteiger partial charge on any atom is -0.270 e. The summed E-state index contributed by atoms with van der Waals surface area (Å²) in [6.45, 7) is 1.05. The number of alkyl halides is 3. The average Bonchev–Trinajstić information content (AvgIpc) is 2.12. The van der Waals surface area contributed by atoms with Crippen LogP contribution in [0.15, 0.2) is 0 Å². The molecule has 7 heteroatoms. The molecule has 0 aromatic rings. The third-order valence-corrected chi connectivity index (χ3v) is 3.85. The van der Waals surface area contributed by atoms with Crippen LogP contribution in [-0.4, -0.2) is 27.5 Å². The Morgan fingerprint density at radius 2 is 2.00 bits per heavy atom. The van der Waals surface area contributed by atoms with Gasteiger partial charge < -0.3 is 0 Å². The molecule has 3 nitrogen and oxygen atoms in total. The second kappa shape index (κ2) is 4.76. The van der Waals surface area contributed by atoms with Gasteiger partial charge in [-0.3, -0.25) is 4.18 Å². The molecule has 0 aliphatic heterocycles. The van der Waals surface area contributed by atoms with E-state index in [-0.39, 0.29) is 25.4 Å². The smallest absolute Gasteiger partial charge is 0.270 e. The van der Waals surface area contributed by atoms with Crippen molar-refractivity contribution in [2.24, 2.45) is 11.3 Å². The van der Waals surface area contributed by atoms with Gasteiger partial charge >= 0.3 is 6.18 Å². The molecule has 2 atom stereocenters. The summed E-state index contributed by atoms with van der Waals surface area (Å²) in [5.41, 5.74) is -1.71. The zero-order chi connectivity index (χ0) is 13.3. The highest BCUT2D eigenvalue weighted by atomic mass is 32.2. The molecule has 1 rings (SSSR count). The van der Waals surface area contributed by atoms with Crippen LogP contribution in [-0.2, 0) is 14.3 Å². The largest absolute Gasteiger partial charge is 0.394 e. The first-order chi connectivity index (χ1) is 7.54. The molecule has 0 radical (unpaired) electrons. The van der Waals surface area contributed by atoms with E-state index in [2.05, 4.69) is 4.18 Å². The van der Waals surface area contributed by atoms with Gasteiger partial charge in [-0.1, -0.05) is 13.3 Å². The van der Waals surface area contributed by atoms with E-state index in [1.807, 2.05) is 0 Å². The van der Waals surface area contributed by atoms with Crippen molar-refractivity contribution < 1.29 is 25.8 Å². The van der Waals surface area contributed by atoms with Crippen LogP contribution in [0.2, 0.25) is 0 Å². The number of rotatable bonds is 3. The number of hydrogen-bond donors (Lipinski definition) is 0. The average molecular weight is 274 g/mol. The standard InChI is InChI=1S/C10H17F3O3S/c1-9(10(11,12)13)5-3-4-8(6-9)7-16-17(2,14)15/h8H,3-7H2,1-2H3. The molecule has 1 aliphatic carbocycles. The van der Waals surface area contributed by atoms with Gasteiger partial charge in [-0.2, -0.15) is 21.6 Å². The van der Waals surface area contributed by atoms with Gasteiger partial charge in [0.25, 0.3) is 10.1 Å². The summed E-state index contributed by atoms with van der Waals surface area (Å²) in [5, 5.41) is 0. The number of halogens is 3. The van der Waals surface area contributed by atoms with E-state index in [1.165, 1.54) is 6.92 Å². The summed E-state index contributed by atoms with van der Waals surface area (Å²) < 4.78 is 64.6. The van der Waals surface area contributed by atoms with Crippen molar-refractivity contribution in [2.75, 3.05) is 12.9 Å². The molecule has 2 unspecified atom stereocenters. The maximum atomic E-state index is 12.8. The highest BCUT2D eigenvalue weighted by molar-refractivity contribution is 7.85. The molecule has 102 valence electrons. The van der Waals surface area contributed by atoms with Crippen molar-refractivity contribution in [2.45, 2.75) is 38.8 Å². The Balaban J connectivity index is 2.61. The van der Waals surface area contributed by atoms with E-state index in [0.717, 1.165) is 6.26 Å². The van der Waals surface area contributed by atoms with Crippen LogP contribution in [0.1, 0.15) is 32.6 Å². The predicted octanol–water partition coefficient (Wildman–Crippen LogP) is 2.72.